The molecule has 1 aromatic carbocycles. The smallest absolute Gasteiger partial charge is 0.167 e. The molecule has 3 rings (SSSR count). The van der Waals surface area contributed by atoms with Crippen LogP contribution in [0.3, 0.4) is 0 Å². The lowest BCUT2D eigenvalue weighted by Crippen LogP contribution is -2.36. The fourth-order valence-electron chi connectivity index (χ4n) is 2.82. The lowest BCUT2D eigenvalue weighted by Gasteiger charge is -2.30. The van der Waals surface area contributed by atoms with Crippen molar-refractivity contribution >= 4 is 0 Å². The Hall–Kier alpha value is -1.26. The number of rotatable bonds is 4. The second-order valence-corrected chi connectivity index (χ2v) is 5.99. The van der Waals surface area contributed by atoms with Gasteiger partial charge in [-0.3, -0.25) is 0 Å². The first-order valence-electron chi connectivity index (χ1n) is 7.37. The number of para-hydroxylation sites is 1. The number of ether oxygens (including phenoxy) is 2. The van der Waals surface area contributed by atoms with Crippen LogP contribution >= 0.6 is 0 Å². The molecule has 1 saturated carbocycles. The zero-order chi connectivity index (χ0) is 14.2. The summed E-state index contributed by atoms with van der Waals surface area (Å²) < 4.78 is 11.6. The first-order valence-corrected chi connectivity index (χ1v) is 7.37. The van der Waals surface area contributed by atoms with Crippen LogP contribution in [0.15, 0.2) is 18.2 Å². The summed E-state index contributed by atoms with van der Waals surface area (Å²) >= 11 is 0. The van der Waals surface area contributed by atoms with E-state index in [1.54, 1.807) is 7.11 Å². The van der Waals surface area contributed by atoms with Gasteiger partial charge in [0.2, 0.25) is 0 Å². The lowest BCUT2D eigenvalue weighted by atomic mass is 10.0. The maximum Gasteiger partial charge on any atom is 0.167 e. The maximum absolute atomic E-state index is 10.4. The van der Waals surface area contributed by atoms with Crippen LogP contribution < -0.4 is 9.47 Å². The highest BCUT2D eigenvalue weighted by Crippen LogP contribution is 2.51. The predicted molar refractivity (Wildman–Crippen MR) is 77.3 cm³/mol. The molecular weight excluding hydrogens is 254 g/mol. The van der Waals surface area contributed by atoms with Crippen LogP contribution in [0, 0.1) is 0 Å². The van der Waals surface area contributed by atoms with Crippen molar-refractivity contribution in [2.45, 2.75) is 37.4 Å². The molecule has 4 heteroatoms. The van der Waals surface area contributed by atoms with Crippen molar-refractivity contribution in [3.8, 4) is 11.5 Å². The molecule has 0 aromatic heterocycles. The topological polar surface area (TPSA) is 41.9 Å². The third-order valence-electron chi connectivity index (χ3n) is 4.37. The molecule has 1 aliphatic carbocycles. The maximum atomic E-state index is 10.4. The first-order chi connectivity index (χ1) is 9.62. The third-order valence-corrected chi connectivity index (χ3v) is 4.37. The Kier molecular flexibility index (Phi) is 3.61. The van der Waals surface area contributed by atoms with Crippen LogP contribution in [0.5, 0.6) is 11.5 Å². The number of hydrogen-bond acceptors (Lipinski definition) is 4. The molecule has 0 unspecified atom stereocenters. The van der Waals surface area contributed by atoms with E-state index in [0.717, 1.165) is 55.8 Å². The van der Waals surface area contributed by atoms with Crippen molar-refractivity contribution in [3.63, 3.8) is 0 Å². The molecule has 1 N–H and O–H groups in total. The summed E-state index contributed by atoms with van der Waals surface area (Å²) in [5.74, 6) is 1.46. The largest absolute Gasteiger partial charge is 0.493 e. The van der Waals surface area contributed by atoms with Crippen molar-refractivity contribution in [1.82, 2.24) is 4.90 Å². The standard InChI is InChI=1S/C16H23NO3/c1-17-10-6-12(7-11-17)20-15-13(16(18)8-9-16)4-3-5-14(15)19-2/h3-5,12,18H,6-11H2,1-2H3. The molecule has 4 nitrogen and oxygen atoms in total. The van der Waals surface area contributed by atoms with E-state index in [2.05, 4.69) is 11.9 Å². The highest BCUT2D eigenvalue weighted by atomic mass is 16.5. The van der Waals surface area contributed by atoms with Crippen LogP contribution in [0.2, 0.25) is 0 Å². The second-order valence-electron chi connectivity index (χ2n) is 5.99. The number of nitrogens with zero attached hydrogens (tertiary/aromatic N) is 1. The lowest BCUT2D eigenvalue weighted by molar-refractivity contribution is 0.0993. The second kappa shape index (κ2) is 5.26. The van der Waals surface area contributed by atoms with E-state index >= 15 is 0 Å². The van der Waals surface area contributed by atoms with Crippen molar-refractivity contribution in [2.24, 2.45) is 0 Å². The number of methoxy groups -OCH3 is 1. The minimum Gasteiger partial charge on any atom is -0.493 e. The summed E-state index contributed by atoms with van der Waals surface area (Å²) in [5, 5.41) is 10.4. The summed E-state index contributed by atoms with van der Waals surface area (Å²) in [6.07, 6.45) is 3.87. The first kappa shape index (κ1) is 13.7. The van der Waals surface area contributed by atoms with Crippen LogP contribution in [-0.2, 0) is 5.60 Å². The summed E-state index contributed by atoms with van der Waals surface area (Å²) in [4.78, 5) is 2.32. The summed E-state index contributed by atoms with van der Waals surface area (Å²) in [5.41, 5.74) is 0.186. The number of piperidine rings is 1. The van der Waals surface area contributed by atoms with E-state index in [0.29, 0.717) is 0 Å². The van der Waals surface area contributed by atoms with Gasteiger partial charge < -0.3 is 19.5 Å². The molecule has 0 atom stereocenters. The summed E-state index contributed by atoms with van der Waals surface area (Å²) in [6, 6.07) is 5.78. The van der Waals surface area contributed by atoms with Gasteiger partial charge in [0.25, 0.3) is 0 Å². The fourth-order valence-corrected chi connectivity index (χ4v) is 2.82. The minimum absolute atomic E-state index is 0.212. The molecule has 2 aliphatic rings. The number of hydrogen-bond donors (Lipinski definition) is 1. The molecule has 1 aliphatic heterocycles. The Bertz CT molecular complexity index is 477. The van der Waals surface area contributed by atoms with E-state index < -0.39 is 5.60 Å². The highest BCUT2D eigenvalue weighted by Gasteiger charge is 2.45. The molecule has 20 heavy (non-hydrogen) atoms. The van der Waals surface area contributed by atoms with Gasteiger partial charge in [-0.15, -0.1) is 0 Å². The summed E-state index contributed by atoms with van der Waals surface area (Å²) in [6.45, 7) is 2.11. The van der Waals surface area contributed by atoms with Gasteiger partial charge in [0.05, 0.1) is 12.7 Å². The zero-order valence-electron chi connectivity index (χ0n) is 12.3. The average Bonchev–Trinajstić information content (AvgIpc) is 3.20. The molecule has 0 bridgehead atoms. The predicted octanol–water partition coefficient (Wildman–Crippen LogP) is 2.15. The number of aliphatic hydroxyl groups is 1. The minimum atomic E-state index is -0.699. The zero-order valence-corrected chi connectivity index (χ0v) is 12.3. The van der Waals surface area contributed by atoms with Gasteiger partial charge >= 0.3 is 0 Å². The van der Waals surface area contributed by atoms with E-state index in [9.17, 15) is 5.11 Å². The van der Waals surface area contributed by atoms with Crippen LogP contribution in [0.25, 0.3) is 0 Å². The third kappa shape index (κ3) is 2.63. The Balaban J connectivity index is 1.83. The number of benzene rings is 1. The molecule has 0 spiro atoms. The normalized spacial score (nSPS) is 22.6. The van der Waals surface area contributed by atoms with Gasteiger partial charge in [-0.25, -0.2) is 0 Å². The monoisotopic (exact) mass is 277 g/mol. The van der Waals surface area contributed by atoms with Crippen molar-refractivity contribution in [2.75, 3.05) is 27.2 Å². The van der Waals surface area contributed by atoms with Gasteiger partial charge in [-0.2, -0.15) is 0 Å². The Morgan fingerprint density at radius 3 is 2.55 bits per heavy atom. The average molecular weight is 277 g/mol. The molecule has 0 amide bonds. The van der Waals surface area contributed by atoms with Crippen LogP contribution in [0.4, 0.5) is 0 Å². The van der Waals surface area contributed by atoms with Gasteiger partial charge in [-0.1, -0.05) is 12.1 Å². The molecule has 2 fully saturated rings. The molecular formula is C16H23NO3. The van der Waals surface area contributed by atoms with Gasteiger partial charge in [0, 0.05) is 18.7 Å². The SMILES string of the molecule is COc1cccc(C2(O)CC2)c1OC1CCN(C)CC1. The highest BCUT2D eigenvalue weighted by molar-refractivity contribution is 5.51. The van der Waals surface area contributed by atoms with E-state index in [4.69, 9.17) is 9.47 Å². The van der Waals surface area contributed by atoms with Crippen molar-refractivity contribution < 1.29 is 14.6 Å². The molecule has 1 saturated heterocycles. The Morgan fingerprint density at radius 2 is 1.95 bits per heavy atom. The number of likely N-dealkylation sites (tertiary alicyclic amines) is 1. The van der Waals surface area contributed by atoms with Gasteiger partial charge in [-0.05, 0) is 38.8 Å². The van der Waals surface area contributed by atoms with Crippen LogP contribution in [-0.4, -0.2) is 43.4 Å². The Labute approximate surface area is 120 Å². The summed E-state index contributed by atoms with van der Waals surface area (Å²) in [7, 11) is 3.79. The quantitative estimate of drug-likeness (QED) is 0.915. The molecule has 110 valence electrons. The van der Waals surface area contributed by atoms with Crippen molar-refractivity contribution in [1.29, 1.82) is 0 Å². The van der Waals surface area contributed by atoms with Gasteiger partial charge in [0.1, 0.15) is 6.10 Å². The van der Waals surface area contributed by atoms with E-state index in [1.807, 2.05) is 18.2 Å². The fraction of sp³-hybridized carbons (Fsp3) is 0.625. The van der Waals surface area contributed by atoms with Crippen molar-refractivity contribution in [3.05, 3.63) is 23.8 Å². The van der Waals surface area contributed by atoms with Gasteiger partial charge in [0.15, 0.2) is 11.5 Å². The molecule has 1 heterocycles. The van der Waals surface area contributed by atoms with E-state index in [1.165, 1.54) is 0 Å². The molecule has 0 radical (unpaired) electrons. The molecule has 1 aromatic rings. The van der Waals surface area contributed by atoms with E-state index in [-0.39, 0.29) is 6.10 Å². The van der Waals surface area contributed by atoms with Crippen LogP contribution in [0.1, 0.15) is 31.2 Å². The Morgan fingerprint density at radius 1 is 1.25 bits per heavy atom.